The van der Waals surface area contributed by atoms with Crippen LogP contribution in [0.2, 0.25) is 0 Å². The maximum atomic E-state index is 11.5. The minimum atomic E-state index is -0.332. The van der Waals surface area contributed by atoms with E-state index in [1.54, 1.807) is 0 Å². The lowest BCUT2D eigenvalue weighted by atomic mass is 9.45. The summed E-state index contributed by atoms with van der Waals surface area (Å²) in [6.07, 6.45) is 11.0. The second-order valence-corrected chi connectivity index (χ2v) is 11.9. The molecule has 0 amide bonds. The molecule has 0 radical (unpaired) electrons. The standard InChI is InChI=1S/C27H42N2O2/c1-6-29-17(3)22(16(2)28-29)13-18-14-24-21-8-7-19-15-20(30)9-11-26(19,4)23(21)10-12-27(24,5)25(18)31/h13,19-21,23-25,30-31H,6-12,14-15H2,1-5H3/b18-13-/t19-,20-,21-,23+,24+,25+,26-,27+/m0/s1. The van der Waals surface area contributed by atoms with Gasteiger partial charge in [-0.15, -0.1) is 0 Å². The van der Waals surface area contributed by atoms with Crippen molar-refractivity contribution in [3.63, 3.8) is 0 Å². The van der Waals surface area contributed by atoms with E-state index in [1.807, 2.05) is 0 Å². The van der Waals surface area contributed by atoms with Crippen LogP contribution in [0.15, 0.2) is 5.57 Å². The lowest BCUT2D eigenvalue weighted by Gasteiger charge is -2.60. The molecule has 8 atom stereocenters. The molecule has 1 aromatic rings. The Morgan fingerprint density at radius 3 is 2.48 bits per heavy atom. The normalized spacial score (nSPS) is 46.0. The van der Waals surface area contributed by atoms with Crippen molar-refractivity contribution in [3.05, 3.63) is 22.5 Å². The van der Waals surface area contributed by atoms with E-state index in [2.05, 4.69) is 45.4 Å². The van der Waals surface area contributed by atoms with Gasteiger partial charge >= 0.3 is 0 Å². The Kier molecular flexibility index (Phi) is 5.21. The zero-order chi connectivity index (χ0) is 22.1. The average molecular weight is 427 g/mol. The van der Waals surface area contributed by atoms with Gasteiger partial charge in [0.05, 0.1) is 17.9 Å². The molecule has 1 heterocycles. The Labute approximate surface area is 188 Å². The van der Waals surface area contributed by atoms with Gasteiger partial charge in [-0.1, -0.05) is 13.8 Å². The highest BCUT2D eigenvalue weighted by Crippen LogP contribution is 2.67. The summed E-state index contributed by atoms with van der Waals surface area (Å²) >= 11 is 0. The summed E-state index contributed by atoms with van der Waals surface area (Å²) in [4.78, 5) is 0. The highest BCUT2D eigenvalue weighted by atomic mass is 16.3. The molecular formula is C27H42N2O2. The molecule has 172 valence electrons. The largest absolute Gasteiger partial charge is 0.393 e. The molecule has 1 aromatic heterocycles. The second-order valence-electron chi connectivity index (χ2n) is 11.9. The third-order valence-electron chi connectivity index (χ3n) is 10.6. The zero-order valence-corrected chi connectivity index (χ0v) is 20.2. The van der Waals surface area contributed by atoms with Gasteiger partial charge in [0, 0.05) is 23.2 Å². The quantitative estimate of drug-likeness (QED) is 0.677. The van der Waals surface area contributed by atoms with E-state index in [4.69, 9.17) is 5.10 Å². The number of aryl methyl sites for hydroxylation is 2. The monoisotopic (exact) mass is 426 g/mol. The molecule has 0 aromatic carbocycles. The van der Waals surface area contributed by atoms with E-state index >= 15 is 0 Å². The van der Waals surface area contributed by atoms with Crippen LogP contribution in [-0.2, 0) is 6.54 Å². The minimum Gasteiger partial charge on any atom is -0.393 e. The summed E-state index contributed by atoms with van der Waals surface area (Å²) in [7, 11) is 0. The molecule has 0 spiro atoms. The molecule has 4 heteroatoms. The number of hydrogen-bond acceptors (Lipinski definition) is 3. The molecule has 4 saturated carbocycles. The maximum Gasteiger partial charge on any atom is 0.0809 e. The molecule has 0 aliphatic heterocycles. The van der Waals surface area contributed by atoms with Crippen LogP contribution in [0.1, 0.15) is 89.1 Å². The van der Waals surface area contributed by atoms with Crippen molar-refractivity contribution in [1.29, 1.82) is 0 Å². The van der Waals surface area contributed by atoms with E-state index in [9.17, 15) is 10.2 Å². The van der Waals surface area contributed by atoms with Gasteiger partial charge in [0.25, 0.3) is 0 Å². The van der Waals surface area contributed by atoms with Crippen molar-refractivity contribution in [2.24, 2.45) is 34.5 Å². The van der Waals surface area contributed by atoms with Crippen molar-refractivity contribution >= 4 is 6.08 Å². The average Bonchev–Trinajstić information content (AvgIpc) is 3.16. The first kappa shape index (κ1) is 21.7. The minimum absolute atomic E-state index is 0.00688. The van der Waals surface area contributed by atoms with Crippen molar-refractivity contribution in [2.45, 2.75) is 105 Å². The molecule has 0 bridgehead atoms. The van der Waals surface area contributed by atoms with E-state index in [-0.39, 0.29) is 17.6 Å². The summed E-state index contributed by atoms with van der Waals surface area (Å²) in [6.45, 7) is 12.2. The third-order valence-corrected chi connectivity index (χ3v) is 10.6. The number of rotatable bonds is 2. The summed E-state index contributed by atoms with van der Waals surface area (Å²) in [6, 6.07) is 0. The lowest BCUT2D eigenvalue weighted by Crippen LogP contribution is -2.54. The van der Waals surface area contributed by atoms with Crippen LogP contribution in [0.25, 0.3) is 6.08 Å². The summed E-state index contributed by atoms with van der Waals surface area (Å²) < 4.78 is 2.08. The zero-order valence-electron chi connectivity index (χ0n) is 20.2. The van der Waals surface area contributed by atoms with Gasteiger partial charge in [0.2, 0.25) is 0 Å². The Hall–Kier alpha value is -1.13. The van der Waals surface area contributed by atoms with Crippen LogP contribution in [0, 0.1) is 48.3 Å². The molecule has 0 saturated heterocycles. The first-order valence-electron chi connectivity index (χ1n) is 12.8. The van der Waals surface area contributed by atoms with Crippen molar-refractivity contribution in [2.75, 3.05) is 0 Å². The fraction of sp³-hybridized carbons (Fsp3) is 0.815. The highest BCUT2D eigenvalue weighted by molar-refractivity contribution is 5.59. The molecule has 31 heavy (non-hydrogen) atoms. The molecule has 0 unspecified atom stereocenters. The third kappa shape index (κ3) is 3.11. The fourth-order valence-corrected chi connectivity index (χ4v) is 8.65. The van der Waals surface area contributed by atoms with E-state index in [0.717, 1.165) is 49.8 Å². The maximum absolute atomic E-state index is 11.5. The van der Waals surface area contributed by atoms with Gasteiger partial charge in [0.15, 0.2) is 0 Å². The van der Waals surface area contributed by atoms with Crippen LogP contribution in [0.5, 0.6) is 0 Å². The Balaban J connectivity index is 1.46. The topological polar surface area (TPSA) is 58.3 Å². The molecule has 4 aliphatic rings. The Bertz CT molecular complexity index is 888. The van der Waals surface area contributed by atoms with Gasteiger partial charge in [-0.2, -0.15) is 5.10 Å². The van der Waals surface area contributed by atoms with Gasteiger partial charge in [-0.3, -0.25) is 4.68 Å². The predicted molar refractivity (Wildman–Crippen MR) is 124 cm³/mol. The summed E-state index contributed by atoms with van der Waals surface area (Å²) in [5.41, 5.74) is 5.13. The molecule has 4 aliphatic carbocycles. The van der Waals surface area contributed by atoms with Crippen LogP contribution < -0.4 is 0 Å². The van der Waals surface area contributed by atoms with Crippen molar-refractivity contribution < 1.29 is 10.2 Å². The number of aliphatic hydroxyl groups excluding tert-OH is 2. The van der Waals surface area contributed by atoms with Crippen molar-refractivity contribution in [1.82, 2.24) is 9.78 Å². The molecule has 4 fully saturated rings. The van der Waals surface area contributed by atoms with Crippen LogP contribution in [0.4, 0.5) is 0 Å². The van der Waals surface area contributed by atoms with Gasteiger partial charge < -0.3 is 10.2 Å². The first-order chi connectivity index (χ1) is 14.7. The van der Waals surface area contributed by atoms with E-state index < -0.39 is 0 Å². The molecule has 4 nitrogen and oxygen atoms in total. The molecule has 2 N–H and O–H groups in total. The summed E-state index contributed by atoms with van der Waals surface area (Å²) in [5.74, 6) is 2.75. The predicted octanol–water partition coefficient (Wildman–Crippen LogP) is 5.28. The number of aliphatic hydroxyl groups is 2. The van der Waals surface area contributed by atoms with Gasteiger partial charge in [-0.25, -0.2) is 0 Å². The summed E-state index contributed by atoms with van der Waals surface area (Å²) in [5, 5.41) is 26.5. The number of nitrogens with zero attached hydrogens (tertiary/aromatic N) is 2. The number of fused-ring (bicyclic) bond motifs is 5. The smallest absolute Gasteiger partial charge is 0.0809 e. The second kappa shape index (κ2) is 7.45. The number of hydrogen-bond donors (Lipinski definition) is 2. The highest BCUT2D eigenvalue weighted by Gasteiger charge is 2.61. The number of aromatic nitrogens is 2. The first-order valence-corrected chi connectivity index (χ1v) is 12.8. The Morgan fingerprint density at radius 1 is 1.03 bits per heavy atom. The van der Waals surface area contributed by atoms with Crippen LogP contribution >= 0.6 is 0 Å². The van der Waals surface area contributed by atoms with Gasteiger partial charge in [0.1, 0.15) is 0 Å². The Morgan fingerprint density at radius 2 is 1.77 bits per heavy atom. The van der Waals surface area contributed by atoms with E-state index in [0.29, 0.717) is 17.3 Å². The van der Waals surface area contributed by atoms with E-state index in [1.165, 1.54) is 42.5 Å². The van der Waals surface area contributed by atoms with Crippen LogP contribution in [-0.4, -0.2) is 32.2 Å². The van der Waals surface area contributed by atoms with Gasteiger partial charge in [-0.05, 0) is 113 Å². The molecule has 5 rings (SSSR count). The van der Waals surface area contributed by atoms with Crippen LogP contribution in [0.3, 0.4) is 0 Å². The van der Waals surface area contributed by atoms with Crippen molar-refractivity contribution in [3.8, 4) is 0 Å². The fourth-order valence-electron chi connectivity index (χ4n) is 8.65. The molecular weight excluding hydrogens is 384 g/mol. The SMILES string of the molecule is CCn1nc(C)c(/C=C2/C[C@@H]3[C@H]4CC[C@H]5C[C@@H](O)CC[C@]5(C)[C@@H]4CC[C@@]3(C)[C@@H]2O)c1C. The lowest BCUT2D eigenvalue weighted by molar-refractivity contribution is -0.133.